The van der Waals surface area contributed by atoms with E-state index in [0.29, 0.717) is 5.75 Å². The predicted octanol–water partition coefficient (Wildman–Crippen LogP) is 3.71. The van der Waals surface area contributed by atoms with Crippen LogP contribution in [0.5, 0.6) is 17.2 Å². The van der Waals surface area contributed by atoms with Crippen LogP contribution in [0.25, 0.3) is 0 Å². The number of carbonyl (C=O) groups is 1. The van der Waals surface area contributed by atoms with E-state index in [1.165, 1.54) is 31.4 Å². The van der Waals surface area contributed by atoms with Gasteiger partial charge in [-0.3, -0.25) is 0 Å². The first-order chi connectivity index (χ1) is 10.1. The van der Waals surface area contributed by atoms with Crippen LogP contribution in [0.3, 0.4) is 0 Å². The molecule has 0 spiro atoms. The highest BCUT2D eigenvalue weighted by molar-refractivity contribution is 6.31. The summed E-state index contributed by atoms with van der Waals surface area (Å²) in [6, 6.07) is 10.9. The van der Waals surface area contributed by atoms with Crippen LogP contribution in [0.4, 0.5) is 0 Å². The molecule has 0 aromatic heterocycles. The van der Waals surface area contributed by atoms with Gasteiger partial charge in [-0.1, -0.05) is 17.7 Å². The fraction of sp³-hybridized carbons (Fsp3) is 0.0667. The summed E-state index contributed by atoms with van der Waals surface area (Å²) >= 11 is 5.91. The Hall–Kier alpha value is -2.71. The van der Waals surface area contributed by atoms with Gasteiger partial charge < -0.3 is 14.6 Å². The van der Waals surface area contributed by atoms with Crippen molar-refractivity contribution < 1.29 is 19.4 Å². The topological polar surface area (TPSA) is 79.6 Å². The molecule has 0 atom stereocenters. The van der Waals surface area contributed by atoms with Crippen LogP contribution in [0.1, 0.15) is 15.9 Å². The Morgan fingerprint density at radius 2 is 2.05 bits per heavy atom. The highest BCUT2D eigenvalue weighted by Crippen LogP contribution is 2.33. The van der Waals surface area contributed by atoms with Crippen LogP contribution in [0, 0.1) is 11.3 Å². The zero-order chi connectivity index (χ0) is 15.4. The molecule has 2 aromatic rings. The molecule has 6 heteroatoms. The van der Waals surface area contributed by atoms with Gasteiger partial charge in [0.1, 0.15) is 34.4 Å². The molecular formula is C15H10ClNO4. The minimum atomic E-state index is -1.15. The van der Waals surface area contributed by atoms with Crippen molar-refractivity contribution in [2.45, 2.75) is 0 Å². The number of methoxy groups -OCH3 is 1. The summed E-state index contributed by atoms with van der Waals surface area (Å²) in [5.41, 5.74) is 0.0954. The van der Waals surface area contributed by atoms with Gasteiger partial charge in [-0.15, -0.1) is 0 Å². The largest absolute Gasteiger partial charge is 0.497 e. The molecule has 0 amide bonds. The average Bonchev–Trinajstić information content (AvgIpc) is 2.47. The molecular weight excluding hydrogens is 294 g/mol. The summed E-state index contributed by atoms with van der Waals surface area (Å²) in [6.07, 6.45) is 0. The van der Waals surface area contributed by atoms with Crippen molar-refractivity contribution in [1.29, 1.82) is 5.26 Å². The number of benzene rings is 2. The number of rotatable bonds is 4. The Kier molecular flexibility index (Phi) is 4.31. The van der Waals surface area contributed by atoms with Crippen molar-refractivity contribution in [3.05, 3.63) is 52.5 Å². The molecule has 0 aliphatic carbocycles. The van der Waals surface area contributed by atoms with Crippen molar-refractivity contribution in [2.24, 2.45) is 0 Å². The maximum atomic E-state index is 11.2. The molecule has 0 aliphatic rings. The van der Waals surface area contributed by atoms with E-state index < -0.39 is 5.97 Å². The molecule has 1 N–H and O–H groups in total. The highest BCUT2D eigenvalue weighted by Gasteiger charge is 2.16. The lowest BCUT2D eigenvalue weighted by atomic mass is 10.2. The molecule has 106 valence electrons. The van der Waals surface area contributed by atoms with Gasteiger partial charge in [0.25, 0.3) is 0 Å². The molecule has 0 saturated carbocycles. The summed E-state index contributed by atoms with van der Waals surface area (Å²) in [5, 5.41) is 18.5. The lowest BCUT2D eigenvalue weighted by Crippen LogP contribution is -2.01. The summed E-state index contributed by atoms with van der Waals surface area (Å²) in [5.74, 6) is -0.454. The van der Waals surface area contributed by atoms with Gasteiger partial charge in [0.2, 0.25) is 0 Å². The monoisotopic (exact) mass is 303 g/mol. The van der Waals surface area contributed by atoms with Gasteiger partial charge in [0, 0.05) is 6.07 Å². The number of hydrogen-bond donors (Lipinski definition) is 1. The number of carboxylic acid groups (broad SMARTS) is 1. The van der Waals surface area contributed by atoms with Gasteiger partial charge in [-0.05, 0) is 24.3 Å². The molecule has 0 fully saturated rings. The van der Waals surface area contributed by atoms with Crippen LogP contribution < -0.4 is 9.47 Å². The zero-order valence-corrected chi connectivity index (χ0v) is 11.7. The molecule has 21 heavy (non-hydrogen) atoms. The van der Waals surface area contributed by atoms with Crippen molar-refractivity contribution >= 4 is 17.6 Å². The summed E-state index contributed by atoms with van der Waals surface area (Å²) in [4.78, 5) is 11.2. The third-order valence-electron chi connectivity index (χ3n) is 2.73. The number of ether oxygens (including phenoxy) is 2. The Morgan fingerprint density at radius 3 is 2.67 bits per heavy atom. The van der Waals surface area contributed by atoms with Gasteiger partial charge in [0.05, 0.1) is 12.1 Å². The number of halogens is 1. The predicted molar refractivity (Wildman–Crippen MR) is 76.2 cm³/mol. The third kappa shape index (κ3) is 3.07. The third-order valence-corrected chi connectivity index (χ3v) is 3.04. The van der Waals surface area contributed by atoms with Gasteiger partial charge in [-0.2, -0.15) is 5.26 Å². The normalized spacial score (nSPS) is 9.76. The average molecular weight is 304 g/mol. The van der Waals surface area contributed by atoms with E-state index in [9.17, 15) is 9.90 Å². The lowest BCUT2D eigenvalue weighted by molar-refractivity contribution is 0.0694. The summed E-state index contributed by atoms with van der Waals surface area (Å²) in [7, 11) is 1.46. The zero-order valence-electron chi connectivity index (χ0n) is 11.0. The number of nitriles is 1. The molecule has 0 saturated heterocycles. The second-order valence-electron chi connectivity index (χ2n) is 3.99. The summed E-state index contributed by atoms with van der Waals surface area (Å²) in [6.45, 7) is 0. The van der Waals surface area contributed by atoms with E-state index >= 15 is 0 Å². The van der Waals surface area contributed by atoms with Crippen LogP contribution in [-0.2, 0) is 0 Å². The minimum absolute atomic E-state index is 0.0420. The SMILES string of the molecule is COc1ccc(C(=O)O)c(Oc2cccc(Cl)c2C#N)c1. The maximum Gasteiger partial charge on any atom is 0.339 e. The van der Waals surface area contributed by atoms with Gasteiger partial charge >= 0.3 is 5.97 Å². The molecule has 0 unspecified atom stereocenters. The van der Waals surface area contributed by atoms with E-state index in [0.717, 1.165) is 0 Å². The molecule has 0 heterocycles. The maximum absolute atomic E-state index is 11.2. The molecule has 0 bridgehead atoms. The molecule has 2 rings (SSSR count). The van der Waals surface area contributed by atoms with Crippen LogP contribution in [0.15, 0.2) is 36.4 Å². The van der Waals surface area contributed by atoms with Crippen molar-refractivity contribution in [1.82, 2.24) is 0 Å². The second kappa shape index (κ2) is 6.16. The second-order valence-corrected chi connectivity index (χ2v) is 4.40. The number of aromatic carboxylic acids is 1. The van der Waals surface area contributed by atoms with Crippen LogP contribution in [0.2, 0.25) is 5.02 Å². The fourth-order valence-corrected chi connectivity index (χ4v) is 1.92. The Morgan fingerprint density at radius 1 is 1.29 bits per heavy atom. The Bertz CT molecular complexity index is 737. The van der Waals surface area contributed by atoms with E-state index in [-0.39, 0.29) is 27.6 Å². The van der Waals surface area contributed by atoms with Crippen molar-refractivity contribution in [2.75, 3.05) is 7.11 Å². The highest BCUT2D eigenvalue weighted by atomic mass is 35.5. The van der Waals surface area contributed by atoms with Gasteiger partial charge in [-0.25, -0.2) is 4.79 Å². The first-order valence-electron chi connectivity index (χ1n) is 5.84. The standard InChI is InChI=1S/C15H10ClNO4/c1-20-9-5-6-10(15(18)19)14(7-9)21-13-4-2-3-12(16)11(13)8-17/h2-7H,1H3,(H,18,19). The Labute approximate surface area is 125 Å². The van der Waals surface area contributed by atoms with Crippen molar-refractivity contribution in [3.63, 3.8) is 0 Å². The first-order valence-corrected chi connectivity index (χ1v) is 6.22. The fourth-order valence-electron chi connectivity index (χ4n) is 1.71. The number of nitrogens with zero attached hydrogens (tertiary/aromatic N) is 1. The quantitative estimate of drug-likeness (QED) is 0.931. The summed E-state index contributed by atoms with van der Waals surface area (Å²) < 4.78 is 10.6. The van der Waals surface area contributed by atoms with Crippen LogP contribution >= 0.6 is 11.6 Å². The minimum Gasteiger partial charge on any atom is -0.497 e. The molecule has 0 aliphatic heterocycles. The first kappa shape index (κ1) is 14.7. The van der Waals surface area contributed by atoms with Crippen molar-refractivity contribution in [3.8, 4) is 23.3 Å². The van der Waals surface area contributed by atoms with E-state index in [1.54, 1.807) is 12.1 Å². The van der Waals surface area contributed by atoms with Gasteiger partial charge in [0.15, 0.2) is 0 Å². The molecule has 2 aromatic carbocycles. The smallest absolute Gasteiger partial charge is 0.339 e. The Balaban J connectivity index is 2.51. The molecule has 5 nitrogen and oxygen atoms in total. The van der Waals surface area contributed by atoms with Crippen LogP contribution in [-0.4, -0.2) is 18.2 Å². The lowest BCUT2D eigenvalue weighted by Gasteiger charge is -2.12. The number of hydrogen-bond acceptors (Lipinski definition) is 4. The van der Waals surface area contributed by atoms with E-state index in [2.05, 4.69) is 0 Å². The number of carboxylic acids is 1. The molecule has 0 radical (unpaired) electrons. The van der Waals surface area contributed by atoms with E-state index in [1.807, 2.05) is 6.07 Å². The van der Waals surface area contributed by atoms with E-state index in [4.69, 9.17) is 26.3 Å².